The Bertz CT molecular complexity index is 870. The Kier molecular flexibility index (Phi) is 11.9. The van der Waals surface area contributed by atoms with E-state index in [1.807, 2.05) is 12.1 Å². The number of methoxy groups -OCH3 is 3. The van der Waals surface area contributed by atoms with Crippen LogP contribution in [0.25, 0.3) is 0 Å². The molecule has 1 amide bonds. The molecule has 8 nitrogen and oxygen atoms in total. The summed E-state index contributed by atoms with van der Waals surface area (Å²) in [5.41, 5.74) is 1.38. The van der Waals surface area contributed by atoms with Crippen molar-refractivity contribution < 1.29 is 19.0 Å². The first-order valence-corrected chi connectivity index (χ1v) is 9.68. The van der Waals surface area contributed by atoms with Gasteiger partial charge in [-0.25, -0.2) is 0 Å². The number of hydrogen-bond donors (Lipinski definition) is 3. The maximum absolute atomic E-state index is 12.2. The van der Waals surface area contributed by atoms with E-state index in [9.17, 15) is 4.79 Å². The average Bonchev–Trinajstić information content (AvgIpc) is 2.77. The van der Waals surface area contributed by atoms with Crippen LogP contribution in [0.15, 0.2) is 41.4 Å². The van der Waals surface area contributed by atoms with Crippen LogP contribution in [0.5, 0.6) is 17.2 Å². The zero-order valence-corrected chi connectivity index (χ0v) is 21.0. The SMILES string of the molecule is CN=C(NCCNC(=O)c1ccccc1Cl)NCc1cc(OC)c(OC)c(OC)c1.I. The Balaban J connectivity index is 0.00000480. The monoisotopic (exact) mass is 562 g/mol. The fourth-order valence-electron chi connectivity index (χ4n) is 2.74. The molecule has 0 bridgehead atoms. The molecule has 0 atom stereocenters. The highest BCUT2D eigenvalue weighted by atomic mass is 127. The summed E-state index contributed by atoms with van der Waals surface area (Å²) in [6.07, 6.45) is 0. The van der Waals surface area contributed by atoms with E-state index >= 15 is 0 Å². The van der Waals surface area contributed by atoms with E-state index in [0.29, 0.717) is 53.4 Å². The molecule has 0 spiro atoms. The number of benzene rings is 2. The lowest BCUT2D eigenvalue weighted by Gasteiger charge is -2.16. The third-order valence-corrected chi connectivity index (χ3v) is 4.56. The van der Waals surface area contributed by atoms with Crippen LogP contribution in [0.1, 0.15) is 15.9 Å². The number of nitrogens with one attached hydrogen (secondary N) is 3. The number of ether oxygens (including phenoxy) is 3. The summed E-state index contributed by atoms with van der Waals surface area (Å²) in [7, 11) is 6.39. The summed E-state index contributed by atoms with van der Waals surface area (Å²) >= 11 is 6.04. The number of carbonyl (C=O) groups excluding carboxylic acids is 1. The van der Waals surface area contributed by atoms with Gasteiger partial charge in [-0.15, -0.1) is 24.0 Å². The lowest BCUT2D eigenvalue weighted by atomic mass is 10.2. The number of amides is 1. The van der Waals surface area contributed by atoms with Gasteiger partial charge in [0.05, 0.1) is 31.9 Å². The first-order chi connectivity index (χ1) is 14.5. The zero-order chi connectivity index (χ0) is 21.9. The number of carbonyl (C=O) groups is 1. The normalized spacial score (nSPS) is 10.5. The van der Waals surface area contributed by atoms with Crippen molar-refractivity contribution in [2.75, 3.05) is 41.5 Å². The summed E-state index contributed by atoms with van der Waals surface area (Å²) in [6.45, 7) is 1.39. The van der Waals surface area contributed by atoms with E-state index < -0.39 is 0 Å². The Morgan fingerprint density at radius 1 is 0.968 bits per heavy atom. The molecule has 0 heterocycles. The van der Waals surface area contributed by atoms with Crippen molar-refractivity contribution in [2.45, 2.75) is 6.54 Å². The first kappa shape index (κ1) is 26.6. The highest BCUT2D eigenvalue weighted by Crippen LogP contribution is 2.38. The second-order valence-electron chi connectivity index (χ2n) is 6.12. The van der Waals surface area contributed by atoms with Crippen LogP contribution in [-0.2, 0) is 6.54 Å². The smallest absolute Gasteiger partial charge is 0.252 e. The second kappa shape index (κ2) is 13.8. The molecule has 0 aliphatic rings. The molecule has 3 N–H and O–H groups in total. The van der Waals surface area contributed by atoms with Gasteiger partial charge in [0.2, 0.25) is 5.75 Å². The molecule has 2 rings (SSSR count). The maximum Gasteiger partial charge on any atom is 0.252 e. The van der Waals surface area contributed by atoms with Gasteiger partial charge in [0.1, 0.15) is 0 Å². The predicted molar refractivity (Wildman–Crippen MR) is 133 cm³/mol. The van der Waals surface area contributed by atoms with Crippen molar-refractivity contribution in [3.63, 3.8) is 0 Å². The van der Waals surface area contributed by atoms with Gasteiger partial charge in [-0.05, 0) is 29.8 Å². The minimum atomic E-state index is -0.220. The fourth-order valence-corrected chi connectivity index (χ4v) is 2.96. The van der Waals surface area contributed by atoms with Crippen LogP contribution in [0.4, 0.5) is 0 Å². The van der Waals surface area contributed by atoms with E-state index in [2.05, 4.69) is 20.9 Å². The molecule has 2 aromatic rings. The van der Waals surface area contributed by atoms with Crippen LogP contribution in [0.2, 0.25) is 5.02 Å². The fraction of sp³-hybridized carbons (Fsp3) is 0.333. The summed E-state index contributed by atoms with van der Waals surface area (Å²) in [4.78, 5) is 16.3. The third-order valence-electron chi connectivity index (χ3n) is 4.23. The van der Waals surface area contributed by atoms with Crippen molar-refractivity contribution >= 4 is 47.4 Å². The summed E-state index contributed by atoms with van der Waals surface area (Å²) in [6, 6.07) is 10.7. The number of nitrogens with zero attached hydrogens (tertiary/aromatic N) is 1. The van der Waals surface area contributed by atoms with Crippen LogP contribution in [0.3, 0.4) is 0 Å². The Morgan fingerprint density at radius 3 is 2.13 bits per heavy atom. The molecule has 0 saturated carbocycles. The lowest BCUT2D eigenvalue weighted by Crippen LogP contribution is -2.41. The molecular weight excluding hydrogens is 535 g/mol. The molecule has 0 unspecified atom stereocenters. The number of guanidine groups is 1. The Hall–Kier alpha value is -2.40. The van der Waals surface area contributed by atoms with Gasteiger partial charge < -0.3 is 30.2 Å². The van der Waals surface area contributed by atoms with Gasteiger partial charge in [0, 0.05) is 26.7 Å². The third kappa shape index (κ3) is 7.66. The second-order valence-corrected chi connectivity index (χ2v) is 6.53. The largest absolute Gasteiger partial charge is 0.493 e. The molecule has 170 valence electrons. The van der Waals surface area contributed by atoms with Gasteiger partial charge in [0.25, 0.3) is 5.91 Å². The highest BCUT2D eigenvalue weighted by Gasteiger charge is 2.13. The number of rotatable bonds is 9. The molecule has 31 heavy (non-hydrogen) atoms. The minimum Gasteiger partial charge on any atom is -0.493 e. The summed E-state index contributed by atoms with van der Waals surface area (Å²) < 4.78 is 16.1. The van der Waals surface area contributed by atoms with E-state index in [1.54, 1.807) is 52.6 Å². The van der Waals surface area contributed by atoms with E-state index in [-0.39, 0.29) is 29.9 Å². The number of aliphatic imine (C=N–C) groups is 1. The number of halogens is 2. The van der Waals surface area contributed by atoms with Gasteiger partial charge in [-0.3, -0.25) is 9.79 Å². The topological polar surface area (TPSA) is 93.2 Å². The van der Waals surface area contributed by atoms with Crippen molar-refractivity contribution in [1.82, 2.24) is 16.0 Å². The van der Waals surface area contributed by atoms with Crippen LogP contribution in [-0.4, -0.2) is 53.3 Å². The molecule has 0 fully saturated rings. The van der Waals surface area contributed by atoms with E-state index in [1.165, 1.54) is 0 Å². The van der Waals surface area contributed by atoms with Gasteiger partial charge in [-0.1, -0.05) is 23.7 Å². The van der Waals surface area contributed by atoms with Crippen LogP contribution >= 0.6 is 35.6 Å². The Morgan fingerprint density at radius 2 is 1.58 bits per heavy atom. The minimum absolute atomic E-state index is 0. The van der Waals surface area contributed by atoms with Crippen LogP contribution < -0.4 is 30.2 Å². The van der Waals surface area contributed by atoms with Crippen molar-refractivity contribution in [2.24, 2.45) is 4.99 Å². The Labute approximate surface area is 204 Å². The molecule has 0 aliphatic heterocycles. The van der Waals surface area contributed by atoms with Crippen molar-refractivity contribution in [3.05, 3.63) is 52.5 Å². The molecule has 0 radical (unpaired) electrons. The summed E-state index contributed by atoms with van der Waals surface area (Å²) in [5, 5.41) is 9.59. The van der Waals surface area contributed by atoms with Crippen molar-refractivity contribution in [3.8, 4) is 17.2 Å². The maximum atomic E-state index is 12.2. The molecule has 0 saturated heterocycles. The average molecular weight is 563 g/mol. The van der Waals surface area contributed by atoms with E-state index in [0.717, 1.165) is 5.56 Å². The summed E-state index contributed by atoms with van der Waals surface area (Å²) in [5.74, 6) is 2.08. The lowest BCUT2D eigenvalue weighted by molar-refractivity contribution is 0.0954. The van der Waals surface area contributed by atoms with Gasteiger partial charge >= 0.3 is 0 Å². The van der Waals surface area contributed by atoms with Crippen molar-refractivity contribution in [1.29, 1.82) is 0 Å². The van der Waals surface area contributed by atoms with Gasteiger partial charge in [0.15, 0.2) is 17.5 Å². The number of hydrogen-bond acceptors (Lipinski definition) is 5. The predicted octanol–water partition coefficient (Wildman–Crippen LogP) is 3.08. The van der Waals surface area contributed by atoms with E-state index in [4.69, 9.17) is 25.8 Å². The standard InChI is InChI=1S/C21H27ClN4O4.HI/c1-23-21(25-10-9-24-20(27)15-7-5-6-8-16(15)22)26-13-14-11-17(28-2)19(30-4)18(12-14)29-3;/h5-8,11-12H,9-10,13H2,1-4H3,(H,24,27)(H2,23,25,26);1H. The molecular formula is C21H28ClIN4O4. The van der Waals surface area contributed by atoms with Gasteiger partial charge in [-0.2, -0.15) is 0 Å². The highest BCUT2D eigenvalue weighted by molar-refractivity contribution is 14.0. The van der Waals surface area contributed by atoms with Crippen LogP contribution in [0, 0.1) is 0 Å². The molecule has 10 heteroatoms. The quantitative estimate of drug-likeness (QED) is 0.188. The molecule has 2 aromatic carbocycles. The molecule has 0 aliphatic carbocycles. The zero-order valence-electron chi connectivity index (χ0n) is 18.0. The molecule has 0 aromatic heterocycles. The first-order valence-electron chi connectivity index (χ1n) is 9.30.